The van der Waals surface area contributed by atoms with Crippen molar-refractivity contribution in [1.82, 2.24) is 0 Å². The summed E-state index contributed by atoms with van der Waals surface area (Å²) in [6.45, 7) is 1.70. The molecule has 0 aliphatic rings. The monoisotopic (exact) mass is 388 g/mol. The Hall–Kier alpha value is -3.24. The first-order valence-corrected chi connectivity index (χ1v) is 8.33. The van der Waals surface area contributed by atoms with Gasteiger partial charge in [-0.15, -0.1) is 0 Å². The molecule has 140 valence electrons. The van der Waals surface area contributed by atoms with Crippen LogP contribution in [0.4, 0.5) is 5.69 Å². The number of hydrogen-bond acceptors (Lipinski definition) is 6. The molecule has 0 aromatic heterocycles. The van der Waals surface area contributed by atoms with Crippen LogP contribution in [-0.2, 0) is 9.53 Å². The van der Waals surface area contributed by atoms with E-state index in [0.29, 0.717) is 29.4 Å². The van der Waals surface area contributed by atoms with E-state index in [1.54, 1.807) is 31.2 Å². The van der Waals surface area contributed by atoms with E-state index in [9.17, 15) is 9.59 Å². The van der Waals surface area contributed by atoms with Gasteiger partial charge >= 0.3 is 5.97 Å². The molecule has 8 heteroatoms. The van der Waals surface area contributed by atoms with E-state index in [2.05, 4.69) is 5.32 Å². The number of rotatable bonds is 7. The van der Waals surface area contributed by atoms with Gasteiger partial charge in [0.25, 0.3) is 5.91 Å². The lowest BCUT2D eigenvalue weighted by molar-refractivity contribution is -0.119. The number of nitriles is 1. The number of carbonyl (C=O) groups excluding carboxylic acids is 2. The molecule has 0 aliphatic heterocycles. The molecule has 0 heterocycles. The van der Waals surface area contributed by atoms with E-state index >= 15 is 0 Å². The zero-order chi connectivity index (χ0) is 19.8. The van der Waals surface area contributed by atoms with Crippen LogP contribution in [0, 0.1) is 11.3 Å². The third-order valence-corrected chi connectivity index (χ3v) is 3.67. The molecule has 0 fully saturated rings. The second-order valence-electron chi connectivity index (χ2n) is 5.24. The zero-order valence-electron chi connectivity index (χ0n) is 14.7. The minimum absolute atomic E-state index is 0.131. The van der Waals surface area contributed by atoms with Crippen molar-refractivity contribution in [2.75, 3.05) is 25.6 Å². The Morgan fingerprint density at radius 3 is 2.52 bits per heavy atom. The van der Waals surface area contributed by atoms with Crippen LogP contribution in [0.15, 0.2) is 36.4 Å². The van der Waals surface area contributed by atoms with Gasteiger partial charge in [0.05, 0.1) is 35.9 Å². The molecule has 0 atom stereocenters. The lowest BCUT2D eigenvalue weighted by Crippen LogP contribution is -2.21. The van der Waals surface area contributed by atoms with Crippen LogP contribution < -0.4 is 14.8 Å². The number of nitrogens with one attached hydrogen (secondary N) is 1. The van der Waals surface area contributed by atoms with Crippen molar-refractivity contribution >= 4 is 29.2 Å². The summed E-state index contributed by atoms with van der Waals surface area (Å²) in [5, 5.41) is 11.5. The molecule has 7 nitrogen and oxygen atoms in total. The fraction of sp³-hybridized carbons (Fsp3) is 0.211. The predicted octanol–water partition coefficient (Wildman–Crippen LogP) is 3.41. The van der Waals surface area contributed by atoms with Gasteiger partial charge in [0.2, 0.25) is 0 Å². The van der Waals surface area contributed by atoms with Gasteiger partial charge in [-0.25, -0.2) is 4.79 Å². The van der Waals surface area contributed by atoms with Crippen LogP contribution in [0.5, 0.6) is 11.5 Å². The van der Waals surface area contributed by atoms with Crippen LogP contribution in [0.1, 0.15) is 22.8 Å². The van der Waals surface area contributed by atoms with Crippen molar-refractivity contribution in [3.05, 3.63) is 52.5 Å². The summed E-state index contributed by atoms with van der Waals surface area (Å²) >= 11 is 6.12. The Bertz CT molecular complexity index is 875. The van der Waals surface area contributed by atoms with Gasteiger partial charge in [-0.1, -0.05) is 11.6 Å². The molecule has 27 heavy (non-hydrogen) atoms. The first kappa shape index (κ1) is 20.1. The second kappa shape index (κ2) is 9.46. The maximum atomic E-state index is 12.2. The number of carbonyl (C=O) groups is 2. The highest BCUT2D eigenvalue weighted by Gasteiger charge is 2.17. The van der Waals surface area contributed by atoms with Crippen LogP contribution >= 0.6 is 11.6 Å². The maximum absolute atomic E-state index is 12.2. The van der Waals surface area contributed by atoms with Gasteiger partial charge in [0.15, 0.2) is 18.1 Å². The molecule has 1 amide bonds. The average molecular weight is 389 g/mol. The minimum Gasteiger partial charge on any atom is -0.493 e. The molecule has 2 aromatic carbocycles. The number of anilines is 1. The van der Waals surface area contributed by atoms with Crippen LogP contribution in [-0.4, -0.2) is 32.2 Å². The number of ether oxygens (including phenoxy) is 3. The van der Waals surface area contributed by atoms with E-state index < -0.39 is 18.5 Å². The summed E-state index contributed by atoms with van der Waals surface area (Å²) in [6.07, 6.45) is 0. The normalized spacial score (nSPS) is 9.85. The Morgan fingerprint density at radius 1 is 1.22 bits per heavy atom. The molecule has 0 radical (unpaired) electrons. The fourth-order valence-corrected chi connectivity index (χ4v) is 2.43. The Kier molecular flexibility index (Phi) is 7.03. The van der Waals surface area contributed by atoms with Gasteiger partial charge in [-0.05, 0) is 43.3 Å². The van der Waals surface area contributed by atoms with Gasteiger partial charge in [-0.3, -0.25) is 4.79 Å². The fourth-order valence-electron chi connectivity index (χ4n) is 2.16. The van der Waals surface area contributed by atoms with Crippen LogP contribution in [0.2, 0.25) is 5.02 Å². The van der Waals surface area contributed by atoms with E-state index in [-0.39, 0.29) is 10.6 Å². The van der Waals surface area contributed by atoms with Crippen molar-refractivity contribution in [3.63, 3.8) is 0 Å². The molecule has 1 N–H and O–H groups in total. The van der Waals surface area contributed by atoms with Crippen molar-refractivity contribution in [2.45, 2.75) is 6.92 Å². The quantitative estimate of drug-likeness (QED) is 0.730. The number of halogens is 1. The summed E-state index contributed by atoms with van der Waals surface area (Å²) in [5.74, 6) is -0.625. The Balaban J connectivity index is 1.99. The Morgan fingerprint density at radius 2 is 1.93 bits per heavy atom. The second-order valence-corrected chi connectivity index (χ2v) is 5.64. The minimum atomic E-state index is -0.728. The first-order valence-electron chi connectivity index (χ1n) is 7.96. The molecule has 0 saturated carbocycles. The van der Waals surface area contributed by atoms with Gasteiger partial charge in [-0.2, -0.15) is 5.26 Å². The number of nitrogens with zero attached hydrogens (tertiary/aromatic N) is 1. The molecule has 0 saturated heterocycles. The Labute approximate surface area is 161 Å². The number of methoxy groups -OCH3 is 1. The van der Waals surface area contributed by atoms with Crippen molar-refractivity contribution in [1.29, 1.82) is 5.26 Å². The summed E-state index contributed by atoms with van der Waals surface area (Å²) in [7, 11) is 1.42. The number of esters is 1. The number of hydrogen-bond donors (Lipinski definition) is 1. The van der Waals surface area contributed by atoms with Crippen LogP contribution in [0.3, 0.4) is 0 Å². The van der Waals surface area contributed by atoms with E-state index in [4.69, 9.17) is 31.1 Å². The SMILES string of the molecule is CCOc1c(Cl)cc(C(=O)OCC(=O)Nc2ccc(C#N)cc2)cc1OC. The van der Waals surface area contributed by atoms with Gasteiger partial charge in [0.1, 0.15) is 0 Å². The zero-order valence-corrected chi connectivity index (χ0v) is 15.5. The van der Waals surface area contributed by atoms with Crippen molar-refractivity contribution < 1.29 is 23.8 Å². The van der Waals surface area contributed by atoms with Gasteiger partial charge in [0, 0.05) is 5.69 Å². The third kappa shape index (κ3) is 5.36. The molecule has 0 unspecified atom stereocenters. The highest BCUT2D eigenvalue weighted by molar-refractivity contribution is 6.32. The van der Waals surface area contributed by atoms with E-state index in [0.717, 1.165) is 0 Å². The van der Waals surface area contributed by atoms with Crippen LogP contribution in [0.25, 0.3) is 0 Å². The first-order chi connectivity index (χ1) is 13.0. The third-order valence-electron chi connectivity index (χ3n) is 3.39. The lowest BCUT2D eigenvalue weighted by atomic mass is 10.2. The average Bonchev–Trinajstić information content (AvgIpc) is 2.68. The van der Waals surface area contributed by atoms with E-state index in [1.165, 1.54) is 19.2 Å². The highest BCUT2D eigenvalue weighted by atomic mass is 35.5. The standard InChI is InChI=1S/C19H17ClN2O5/c1-3-26-18-15(20)8-13(9-16(18)25-2)19(24)27-11-17(23)22-14-6-4-12(10-21)5-7-14/h4-9H,3,11H2,1-2H3,(H,22,23). The molecule has 0 spiro atoms. The number of amides is 1. The lowest BCUT2D eigenvalue weighted by Gasteiger charge is -2.13. The maximum Gasteiger partial charge on any atom is 0.338 e. The van der Waals surface area contributed by atoms with Gasteiger partial charge < -0.3 is 19.5 Å². The smallest absolute Gasteiger partial charge is 0.338 e. The summed E-state index contributed by atoms with van der Waals surface area (Å²) in [5.41, 5.74) is 1.09. The van der Waals surface area contributed by atoms with E-state index in [1.807, 2.05) is 6.07 Å². The molecule has 2 aromatic rings. The molecule has 0 aliphatic carbocycles. The highest BCUT2D eigenvalue weighted by Crippen LogP contribution is 2.36. The molecular formula is C19H17ClN2O5. The largest absolute Gasteiger partial charge is 0.493 e. The number of benzene rings is 2. The topological polar surface area (TPSA) is 97.6 Å². The summed E-state index contributed by atoms with van der Waals surface area (Å²) < 4.78 is 15.6. The predicted molar refractivity (Wildman–Crippen MR) is 99.2 cm³/mol. The molecular weight excluding hydrogens is 372 g/mol. The van der Waals surface area contributed by atoms with Crippen molar-refractivity contribution in [2.24, 2.45) is 0 Å². The molecule has 2 rings (SSSR count). The van der Waals surface area contributed by atoms with Crippen molar-refractivity contribution in [3.8, 4) is 17.6 Å². The molecule has 0 bridgehead atoms. The summed E-state index contributed by atoms with van der Waals surface area (Å²) in [6, 6.07) is 11.1. The summed E-state index contributed by atoms with van der Waals surface area (Å²) in [4.78, 5) is 24.1.